The van der Waals surface area contributed by atoms with Crippen molar-refractivity contribution in [3.8, 4) is 5.75 Å². The molecule has 218 valence electrons. The van der Waals surface area contributed by atoms with E-state index in [9.17, 15) is 21.9 Å². The summed E-state index contributed by atoms with van der Waals surface area (Å²) in [5.41, 5.74) is 0.605. The number of nitrogens with zero attached hydrogens (tertiary/aromatic N) is 2. The summed E-state index contributed by atoms with van der Waals surface area (Å²) in [5.74, 6) is 0.351. The molecular weight excluding hydrogens is 556 g/mol. The molecular formula is C27H36N4O7S2. The van der Waals surface area contributed by atoms with Gasteiger partial charge in [-0.05, 0) is 62.7 Å². The van der Waals surface area contributed by atoms with E-state index in [1.165, 1.54) is 19.2 Å². The minimum Gasteiger partial charge on any atom is -0.491 e. The first-order chi connectivity index (χ1) is 19.0. The van der Waals surface area contributed by atoms with Crippen molar-refractivity contribution < 1.29 is 31.4 Å². The molecule has 11 nitrogen and oxygen atoms in total. The quantitative estimate of drug-likeness (QED) is 0.321. The van der Waals surface area contributed by atoms with Gasteiger partial charge in [0.2, 0.25) is 20.0 Å². The van der Waals surface area contributed by atoms with Crippen LogP contribution in [0.3, 0.4) is 0 Å². The molecule has 0 amide bonds. The second-order valence-electron chi connectivity index (χ2n) is 10.5. The number of hydrogen-bond donors (Lipinski definition) is 3. The maximum absolute atomic E-state index is 13.3. The molecule has 13 heteroatoms. The predicted molar refractivity (Wildman–Crippen MR) is 150 cm³/mol. The molecule has 2 aromatic carbocycles. The Morgan fingerprint density at radius 3 is 2.62 bits per heavy atom. The monoisotopic (exact) mass is 592 g/mol. The molecule has 0 radical (unpaired) electrons. The number of nitrogens with one attached hydrogen (secondary N) is 2. The largest absolute Gasteiger partial charge is 0.491 e. The van der Waals surface area contributed by atoms with Crippen LogP contribution in [0.25, 0.3) is 10.9 Å². The normalized spacial score (nSPS) is 20.7. The number of aryl methyl sites for hydroxylation is 1. The second kappa shape index (κ2) is 11.4. The van der Waals surface area contributed by atoms with Gasteiger partial charge in [-0.15, -0.1) is 0 Å². The predicted octanol–water partition coefficient (Wildman–Crippen LogP) is 1.43. The van der Waals surface area contributed by atoms with Crippen molar-refractivity contribution >= 4 is 30.9 Å². The lowest BCUT2D eigenvalue weighted by molar-refractivity contribution is -0.0312. The summed E-state index contributed by atoms with van der Waals surface area (Å²) < 4.78 is 68.1. The first-order valence-corrected chi connectivity index (χ1v) is 16.2. The first-order valence-electron chi connectivity index (χ1n) is 13.3. The minimum atomic E-state index is -3.60. The molecule has 40 heavy (non-hydrogen) atoms. The van der Waals surface area contributed by atoms with Gasteiger partial charge in [0.1, 0.15) is 18.5 Å². The number of ether oxygens (including phenoxy) is 2. The van der Waals surface area contributed by atoms with Gasteiger partial charge >= 0.3 is 0 Å². The molecule has 0 aliphatic carbocycles. The topological polar surface area (TPSA) is 139 Å². The summed E-state index contributed by atoms with van der Waals surface area (Å²) in [6.07, 6.45) is 3.05. The molecule has 5 rings (SSSR count). The maximum Gasteiger partial charge on any atom is 0.243 e. The number of benzene rings is 2. The van der Waals surface area contributed by atoms with E-state index in [1.54, 1.807) is 28.6 Å². The van der Waals surface area contributed by atoms with Crippen molar-refractivity contribution in [1.82, 2.24) is 18.9 Å². The molecule has 1 aromatic heterocycles. The van der Waals surface area contributed by atoms with Crippen LogP contribution in [0.5, 0.6) is 5.75 Å². The lowest BCUT2D eigenvalue weighted by Crippen LogP contribution is -2.47. The Balaban J connectivity index is 1.09. The zero-order valence-electron chi connectivity index (χ0n) is 22.6. The number of fused-ring (bicyclic) bond motifs is 1. The van der Waals surface area contributed by atoms with E-state index >= 15 is 0 Å². The van der Waals surface area contributed by atoms with Crippen LogP contribution in [-0.2, 0) is 31.8 Å². The zero-order valence-corrected chi connectivity index (χ0v) is 24.2. The van der Waals surface area contributed by atoms with Crippen LogP contribution >= 0.6 is 0 Å². The van der Waals surface area contributed by atoms with Crippen molar-refractivity contribution in [2.45, 2.75) is 46.8 Å². The Kier molecular flexibility index (Phi) is 8.26. The van der Waals surface area contributed by atoms with Crippen molar-refractivity contribution in [3.63, 3.8) is 0 Å². The number of sulfonamides is 2. The van der Waals surface area contributed by atoms with Gasteiger partial charge in [-0.1, -0.05) is 6.07 Å². The molecule has 3 aromatic rings. The summed E-state index contributed by atoms with van der Waals surface area (Å²) in [4.78, 5) is 0.394. The molecule has 0 bridgehead atoms. The van der Waals surface area contributed by atoms with Gasteiger partial charge in [-0.25, -0.2) is 21.6 Å². The third kappa shape index (κ3) is 6.05. The molecule has 0 saturated carbocycles. The fourth-order valence-electron chi connectivity index (χ4n) is 5.43. The fourth-order valence-corrected chi connectivity index (χ4v) is 7.67. The van der Waals surface area contributed by atoms with Gasteiger partial charge < -0.3 is 24.5 Å². The standard InChI is InChI=1S/C27H36N4O7S2/c1-28-39(33,34)24-5-3-4-23(15-24)37-19-22(32)17-29-21-16-27(38-18-21)9-12-31(13-10-27)40(35,36)25-6-7-26-20(14-25)8-11-30(26)2/h3-8,11,14-15,21-22,28-29,32H,9-10,12-13,16-19H2,1-2H3/t21?,22-/m0/s1. The smallest absolute Gasteiger partial charge is 0.243 e. The minimum absolute atomic E-state index is 0.00360. The summed E-state index contributed by atoms with van der Waals surface area (Å²) in [6.45, 7) is 1.54. The highest BCUT2D eigenvalue weighted by Gasteiger charge is 2.44. The summed E-state index contributed by atoms with van der Waals surface area (Å²) in [6, 6.07) is 13.3. The highest BCUT2D eigenvalue weighted by atomic mass is 32.2. The van der Waals surface area contributed by atoms with Gasteiger partial charge in [0.25, 0.3) is 0 Å². The van der Waals surface area contributed by atoms with Crippen LogP contribution < -0.4 is 14.8 Å². The molecule has 2 fully saturated rings. The van der Waals surface area contributed by atoms with E-state index < -0.39 is 26.2 Å². The average molecular weight is 593 g/mol. The van der Waals surface area contributed by atoms with E-state index in [0.717, 1.165) is 17.3 Å². The van der Waals surface area contributed by atoms with Crippen LogP contribution in [-0.4, -0.2) is 88.5 Å². The number of aliphatic hydroxyl groups is 1. The number of aromatic nitrogens is 1. The number of piperidine rings is 1. The zero-order chi connectivity index (χ0) is 28.5. The van der Waals surface area contributed by atoms with Crippen LogP contribution in [0.2, 0.25) is 0 Å². The molecule has 2 aliphatic rings. The highest BCUT2D eigenvalue weighted by Crippen LogP contribution is 2.37. The Bertz CT molecular complexity index is 1560. The molecule has 3 N–H and O–H groups in total. The molecule has 1 unspecified atom stereocenters. The second-order valence-corrected chi connectivity index (χ2v) is 14.3. The number of rotatable bonds is 10. The SMILES string of the molecule is CNS(=O)(=O)c1cccc(OC[C@@H](O)CNC2COC3(CCN(S(=O)(=O)c4ccc5c(ccn5C)c4)CC3)C2)c1. The van der Waals surface area contributed by atoms with Gasteiger partial charge in [0, 0.05) is 55.9 Å². The molecule has 1 spiro atoms. The van der Waals surface area contributed by atoms with Crippen molar-refractivity contribution in [3.05, 3.63) is 54.7 Å². The van der Waals surface area contributed by atoms with E-state index in [0.29, 0.717) is 43.2 Å². The third-order valence-corrected chi connectivity index (χ3v) is 11.1. The van der Waals surface area contributed by atoms with Gasteiger partial charge in [0.15, 0.2) is 0 Å². The van der Waals surface area contributed by atoms with Crippen molar-refractivity contribution in [2.75, 3.05) is 39.9 Å². The first kappa shape index (κ1) is 29.0. The third-order valence-electron chi connectivity index (χ3n) is 7.81. The van der Waals surface area contributed by atoms with Gasteiger partial charge in [-0.3, -0.25) is 0 Å². The van der Waals surface area contributed by atoms with E-state index in [1.807, 2.05) is 29.9 Å². The highest BCUT2D eigenvalue weighted by molar-refractivity contribution is 7.89. The average Bonchev–Trinajstić information content (AvgIpc) is 3.53. The van der Waals surface area contributed by atoms with Crippen LogP contribution in [0.4, 0.5) is 0 Å². The number of aliphatic hydroxyl groups excluding tert-OH is 1. The molecule has 3 heterocycles. The molecule has 2 saturated heterocycles. The van der Waals surface area contributed by atoms with Crippen LogP contribution in [0.1, 0.15) is 19.3 Å². The van der Waals surface area contributed by atoms with Crippen LogP contribution in [0, 0.1) is 0 Å². The van der Waals surface area contributed by atoms with Gasteiger partial charge in [0.05, 0.1) is 22.0 Å². The molecule has 2 aliphatic heterocycles. The Morgan fingerprint density at radius 2 is 1.88 bits per heavy atom. The van der Waals surface area contributed by atoms with E-state index in [4.69, 9.17) is 9.47 Å². The lowest BCUT2D eigenvalue weighted by atomic mass is 9.88. The van der Waals surface area contributed by atoms with Crippen molar-refractivity contribution in [1.29, 1.82) is 0 Å². The maximum atomic E-state index is 13.3. The Hall–Kier alpha value is -2.52. The Labute approximate surface area is 235 Å². The Morgan fingerprint density at radius 1 is 1.10 bits per heavy atom. The van der Waals surface area contributed by atoms with Gasteiger partial charge in [-0.2, -0.15) is 4.31 Å². The summed E-state index contributed by atoms with van der Waals surface area (Å²) >= 11 is 0. The molecule has 2 atom stereocenters. The van der Waals surface area contributed by atoms with Crippen LogP contribution in [0.15, 0.2) is 64.5 Å². The van der Waals surface area contributed by atoms with E-state index in [2.05, 4.69) is 10.0 Å². The summed E-state index contributed by atoms with van der Waals surface area (Å²) in [5, 5.41) is 14.6. The summed E-state index contributed by atoms with van der Waals surface area (Å²) in [7, 11) is -3.91. The van der Waals surface area contributed by atoms with Crippen molar-refractivity contribution in [2.24, 2.45) is 7.05 Å². The lowest BCUT2D eigenvalue weighted by Gasteiger charge is -2.38. The van der Waals surface area contributed by atoms with E-state index in [-0.39, 0.29) is 29.7 Å². The fraction of sp³-hybridized carbons (Fsp3) is 0.481. The number of hydrogen-bond acceptors (Lipinski definition) is 8.